The Kier molecular flexibility index (Phi) is 5.35. The van der Waals surface area contributed by atoms with Crippen LogP contribution in [0.5, 0.6) is 0 Å². The Hall–Kier alpha value is -0.710. The van der Waals surface area contributed by atoms with E-state index in [0.717, 1.165) is 22.3 Å². The van der Waals surface area contributed by atoms with Gasteiger partial charge in [-0.1, -0.05) is 19.1 Å². The van der Waals surface area contributed by atoms with E-state index in [9.17, 15) is 4.39 Å². The topological polar surface area (TPSA) is 12.0 Å². The molecule has 1 aromatic carbocycles. The normalized spacial score (nSPS) is 12.7. The summed E-state index contributed by atoms with van der Waals surface area (Å²) in [6.07, 6.45) is 1.05. The van der Waals surface area contributed by atoms with Gasteiger partial charge in [0.1, 0.15) is 5.82 Å². The summed E-state index contributed by atoms with van der Waals surface area (Å²) in [4.78, 5) is 1.26. The summed E-state index contributed by atoms with van der Waals surface area (Å²) in [6, 6.07) is 7.69. The highest BCUT2D eigenvalue weighted by Crippen LogP contribution is 2.34. The fourth-order valence-corrected chi connectivity index (χ4v) is 3.98. The van der Waals surface area contributed by atoms with Gasteiger partial charge in [0.25, 0.3) is 0 Å². The summed E-state index contributed by atoms with van der Waals surface area (Å²) in [5.41, 5.74) is 2.89. The molecule has 1 nitrogen and oxygen atoms in total. The lowest BCUT2D eigenvalue weighted by atomic mass is 9.98. The standard InChI is InChI=1S/C16H19BrFNS/c1-4-7-19-16(13-9-15(17)20-11(13)3)12-6-5-10(2)14(18)8-12/h5-6,8-9,16,19H,4,7H2,1-3H3. The fraction of sp³-hybridized carbons (Fsp3) is 0.375. The van der Waals surface area contributed by atoms with Crippen molar-refractivity contribution in [3.8, 4) is 0 Å². The van der Waals surface area contributed by atoms with Gasteiger partial charge >= 0.3 is 0 Å². The number of hydrogen-bond donors (Lipinski definition) is 1. The predicted octanol–water partition coefficient (Wildman–Crippen LogP) is 5.36. The van der Waals surface area contributed by atoms with Gasteiger partial charge in [-0.25, -0.2) is 4.39 Å². The van der Waals surface area contributed by atoms with Crippen molar-refractivity contribution in [2.45, 2.75) is 33.2 Å². The molecule has 0 bridgehead atoms. The first-order chi connectivity index (χ1) is 9.52. The van der Waals surface area contributed by atoms with Crippen LogP contribution >= 0.6 is 27.3 Å². The first-order valence-electron chi connectivity index (χ1n) is 6.78. The molecule has 0 saturated heterocycles. The van der Waals surface area contributed by atoms with Crippen molar-refractivity contribution in [1.82, 2.24) is 5.32 Å². The monoisotopic (exact) mass is 355 g/mol. The average Bonchev–Trinajstić information content (AvgIpc) is 2.73. The first kappa shape index (κ1) is 15.7. The highest BCUT2D eigenvalue weighted by Gasteiger charge is 2.18. The summed E-state index contributed by atoms with van der Waals surface area (Å²) >= 11 is 5.25. The van der Waals surface area contributed by atoms with Crippen molar-refractivity contribution in [2.75, 3.05) is 6.54 Å². The third kappa shape index (κ3) is 3.48. The minimum atomic E-state index is -0.141. The van der Waals surface area contributed by atoms with Crippen molar-refractivity contribution >= 4 is 27.3 Å². The summed E-state index contributed by atoms with van der Waals surface area (Å²) < 4.78 is 15.0. The van der Waals surface area contributed by atoms with E-state index < -0.39 is 0 Å². The minimum Gasteiger partial charge on any atom is -0.306 e. The van der Waals surface area contributed by atoms with Crippen molar-refractivity contribution in [2.24, 2.45) is 0 Å². The van der Waals surface area contributed by atoms with E-state index in [-0.39, 0.29) is 11.9 Å². The summed E-state index contributed by atoms with van der Waals surface area (Å²) in [5, 5.41) is 3.52. The van der Waals surface area contributed by atoms with Gasteiger partial charge in [-0.05, 0) is 71.6 Å². The SMILES string of the molecule is CCCNC(c1ccc(C)c(F)c1)c1cc(Br)sc1C. The van der Waals surface area contributed by atoms with Gasteiger partial charge in [-0.2, -0.15) is 0 Å². The molecule has 1 unspecified atom stereocenters. The zero-order valence-electron chi connectivity index (χ0n) is 12.0. The second-order valence-corrected chi connectivity index (χ2v) is 7.59. The number of nitrogens with one attached hydrogen (secondary N) is 1. The van der Waals surface area contributed by atoms with Crippen LogP contribution < -0.4 is 5.32 Å². The number of benzene rings is 1. The molecule has 0 spiro atoms. The van der Waals surface area contributed by atoms with E-state index in [1.165, 1.54) is 10.4 Å². The number of hydrogen-bond acceptors (Lipinski definition) is 2. The molecule has 0 radical (unpaired) electrons. The van der Waals surface area contributed by atoms with E-state index in [4.69, 9.17) is 0 Å². The van der Waals surface area contributed by atoms with Crippen LogP contribution in [0.4, 0.5) is 4.39 Å². The van der Waals surface area contributed by atoms with Gasteiger partial charge in [0.05, 0.1) is 9.83 Å². The van der Waals surface area contributed by atoms with Gasteiger partial charge in [-0.15, -0.1) is 11.3 Å². The van der Waals surface area contributed by atoms with Crippen molar-refractivity contribution in [3.63, 3.8) is 0 Å². The molecule has 0 saturated carbocycles. The second kappa shape index (κ2) is 6.83. The minimum absolute atomic E-state index is 0.0487. The molecule has 0 fully saturated rings. The van der Waals surface area contributed by atoms with Gasteiger partial charge in [0.15, 0.2) is 0 Å². The van der Waals surface area contributed by atoms with Crippen LogP contribution in [0.2, 0.25) is 0 Å². The van der Waals surface area contributed by atoms with Crippen molar-refractivity contribution in [3.05, 3.63) is 55.4 Å². The lowest BCUT2D eigenvalue weighted by Gasteiger charge is -2.20. The predicted molar refractivity (Wildman–Crippen MR) is 88.0 cm³/mol. The molecular weight excluding hydrogens is 337 g/mol. The molecule has 0 aliphatic carbocycles. The van der Waals surface area contributed by atoms with E-state index in [0.29, 0.717) is 5.56 Å². The number of thiophene rings is 1. The van der Waals surface area contributed by atoms with E-state index >= 15 is 0 Å². The fourth-order valence-electron chi connectivity index (χ4n) is 2.23. The molecule has 1 aromatic heterocycles. The highest BCUT2D eigenvalue weighted by molar-refractivity contribution is 9.11. The molecule has 1 atom stereocenters. The quantitative estimate of drug-likeness (QED) is 0.761. The van der Waals surface area contributed by atoms with Crippen LogP contribution in [-0.4, -0.2) is 6.54 Å². The lowest BCUT2D eigenvalue weighted by Crippen LogP contribution is -2.23. The zero-order valence-corrected chi connectivity index (χ0v) is 14.4. The molecule has 1 heterocycles. The Balaban J connectivity index is 2.41. The average molecular weight is 356 g/mol. The molecular formula is C16H19BrFNS. The van der Waals surface area contributed by atoms with Crippen LogP contribution in [0.3, 0.4) is 0 Å². The molecule has 2 rings (SSSR count). The maximum atomic E-state index is 13.8. The third-order valence-corrected chi connectivity index (χ3v) is 4.93. The molecule has 2 aromatic rings. The smallest absolute Gasteiger partial charge is 0.126 e. The van der Waals surface area contributed by atoms with Crippen LogP contribution in [0.1, 0.15) is 41.0 Å². The van der Waals surface area contributed by atoms with Crippen LogP contribution in [0.25, 0.3) is 0 Å². The van der Waals surface area contributed by atoms with Crippen LogP contribution in [-0.2, 0) is 0 Å². The molecule has 0 aliphatic rings. The lowest BCUT2D eigenvalue weighted by molar-refractivity contribution is 0.582. The van der Waals surface area contributed by atoms with Crippen molar-refractivity contribution < 1.29 is 4.39 Å². The number of halogens is 2. The second-order valence-electron chi connectivity index (χ2n) is 4.96. The summed E-state index contributed by atoms with van der Waals surface area (Å²) in [6.45, 7) is 6.94. The number of rotatable bonds is 5. The number of aryl methyl sites for hydroxylation is 2. The molecule has 4 heteroatoms. The molecule has 1 N–H and O–H groups in total. The largest absolute Gasteiger partial charge is 0.306 e. The van der Waals surface area contributed by atoms with E-state index in [2.05, 4.69) is 41.2 Å². The Labute approximate surface area is 132 Å². The molecule has 108 valence electrons. The van der Waals surface area contributed by atoms with Crippen molar-refractivity contribution in [1.29, 1.82) is 0 Å². The maximum Gasteiger partial charge on any atom is 0.126 e. The first-order valence-corrected chi connectivity index (χ1v) is 8.39. The van der Waals surface area contributed by atoms with Gasteiger partial charge in [-0.3, -0.25) is 0 Å². The maximum absolute atomic E-state index is 13.8. The Bertz CT molecular complexity index is 594. The molecule has 0 aliphatic heterocycles. The molecule has 0 amide bonds. The molecule has 20 heavy (non-hydrogen) atoms. The zero-order chi connectivity index (χ0) is 14.7. The summed E-state index contributed by atoms with van der Waals surface area (Å²) in [5.74, 6) is -0.141. The van der Waals surface area contributed by atoms with Gasteiger partial charge in [0.2, 0.25) is 0 Å². The van der Waals surface area contributed by atoms with Gasteiger partial charge in [0, 0.05) is 4.88 Å². The van der Waals surface area contributed by atoms with Crippen LogP contribution in [0, 0.1) is 19.7 Å². The Morgan fingerprint density at radius 1 is 1.30 bits per heavy atom. The summed E-state index contributed by atoms with van der Waals surface area (Å²) in [7, 11) is 0. The Morgan fingerprint density at radius 3 is 2.60 bits per heavy atom. The van der Waals surface area contributed by atoms with E-state index in [1.54, 1.807) is 24.3 Å². The van der Waals surface area contributed by atoms with E-state index in [1.807, 2.05) is 12.1 Å². The Morgan fingerprint density at radius 2 is 2.05 bits per heavy atom. The van der Waals surface area contributed by atoms with Gasteiger partial charge < -0.3 is 5.32 Å². The third-order valence-electron chi connectivity index (χ3n) is 3.36. The van der Waals surface area contributed by atoms with Crippen LogP contribution in [0.15, 0.2) is 28.1 Å². The highest BCUT2D eigenvalue weighted by atomic mass is 79.9.